The molecule has 0 spiro atoms. The lowest BCUT2D eigenvalue weighted by Gasteiger charge is -2.18. The number of anilines is 1. The molecule has 1 atom stereocenters. The van der Waals surface area contributed by atoms with E-state index in [1.54, 1.807) is 11.0 Å². The summed E-state index contributed by atoms with van der Waals surface area (Å²) in [5.74, 6) is -0.762. The summed E-state index contributed by atoms with van der Waals surface area (Å²) in [6.07, 6.45) is 0.901. The monoisotopic (exact) mass is 443 g/mol. The van der Waals surface area contributed by atoms with Gasteiger partial charge in [0, 0.05) is 39.3 Å². The minimum absolute atomic E-state index is 0.0343. The van der Waals surface area contributed by atoms with Crippen LogP contribution in [0.3, 0.4) is 0 Å². The van der Waals surface area contributed by atoms with Crippen molar-refractivity contribution in [3.05, 3.63) is 59.2 Å². The van der Waals surface area contributed by atoms with E-state index < -0.39 is 15.9 Å². The second-order valence-corrected chi connectivity index (χ2v) is 10.3. The van der Waals surface area contributed by atoms with Crippen molar-refractivity contribution in [3.8, 4) is 0 Å². The molecular weight excluding hydrogens is 414 g/mol. The molecule has 3 rings (SSSR count). The van der Waals surface area contributed by atoms with Crippen LogP contribution in [-0.4, -0.2) is 56.6 Å². The van der Waals surface area contributed by atoms with Crippen LogP contribution in [0.5, 0.6) is 0 Å². The number of carbonyl (C=O) groups excluding carboxylic acids is 2. The van der Waals surface area contributed by atoms with Crippen molar-refractivity contribution < 1.29 is 18.0 Å². The maximum atomic E-state index is 12.9. The summed E-state index contributed by atoms with van der Waals surface area (Å²) in [4.78, 5) is 27.1. The lowest BCUT2D eigenvalue weighted by molar-refractivity contribution is -0.128. The fourth-order valence-corrected chi connectivity index (χ4v) is 4.64. The van der Waals surface area contributed by atoms with Gasteiger partial charge in [0.25, 0.3) is 0 Å². The van der Waals surface area contributed by atoms with Crippen LogP contribution in [0.2, 0.25) is 0 Å². The number of benzene rings is 2. The van der Waals surface area contributed by atoms with E-state index in [-0.39, 0.29) is 23.1 Å². The molecule has 0 aliphatic carbocycles. The normalized spacial score (nSPS) is 16.7. The molecule has 0 radical (unpaired) electrons. The van der Waals surface area contributed by atoms with Crippen molar-refractivity contribution in [2.24, 2.45) is 5.92 Å². The first-order valence-electron chi connectivity index (χ1n) is 10.3. The standard InChI is InChI=1S/C23H29N3O4S/c1-16-12-20(31(29,30)25(3)4)14-21(17(16)2)24-23(28)19-13-22(27)26(15-19)11-10-18-8-6-5-7-9-18/h5-9,12,14,19H,10-11,13,15H2,1-4H3,(H,24,28). The zero-order chi connectivity index (χ0) is 22.8. The minimum Gasteiger partial charge on any atom is -0.342 e. The van der Waals surface area contributed by atoms with Crippen LogP contribution >= 0.6 is 0 Å². The average molecular weight is 444 g/mol. The molecule has 31 heavy (non-hydrogen) atoms. The van der Waals surface area contributed by atoms with Crippen molar-refractivity contribution in [3.63, 3.8) is 0 Å². The summed E-state index contributed by atoms with van der Waals surface area (Å²) in [7, 11) is -0.687. The van der Waals surface area contributed by atoms with Crippen molar-refractivity contribution in [2.75, 3.05) is 32.5 Å². The zero-order valence-electron chi connectivity index (χ0n) is 18.4. The number of likely N-dealkylation sites (tertiary alicyclic amines) is 1. The van der Waals surface area contributed by atoms with E-state index in [0.29, 0.717) is 18.8 Å². The summed E-state index contributed by atoms with van der Waals surface area (Å²) >= 11 is 0. The van der Waals surface area contributed by atoms with Gasteiger partial charge in [-0.05, 0) is 49.1 Å². The highest BCUT2D eigenvalue weighted by molar-refractivity contribution is 7.89. The zero-order valence-corrected chi connectivity index (χ0v) is 19.2. The Hall–Kier alpha value is -2.71. The SMILES string of the molecule is Cc1cc(S(=O)(=O)N(C)C)cc(NC(=O)C2CC(=O)N(CCc3ccccc3)C2)c1C. The van der Waals surface area contributed by atoms with Crippen LogP contribution < -0.4 is 5.32 Å². The van der Waals surface area contributed by atoms with E-state index in [2.05, 4.69) is 5.32 Å². The van der Waals surface area contributed by atoms with E-state index in [0.717, 1.165) is 27.4 Å². The minimum atomic E-state index is -3.63. The fourth-order valence-electron chi connectivity index (χ4n) is 3.62. The highest BCUT2D eigenvalue weighted by Gasteiger charge is 2.34. The lowest BCUT2D eigenvalue weighted by Crippen LogP contribution is -2.30. The van der Waals surface area contributed by atoms with Gasteiger partial charge in [-0.1, -0.05) is 30.3 Å². The third kappa shape index (κ3) is 5.14. The van der Waals surface area contributed by atoms with Gasteiger partial charge in [-0.15, -0.1) is 0 Å². The van der Waals surface area contributed by atoms with Crippen LogP contribution in [-0.2, 0) is 26.0 Å². The van der Waals surface area contributed by atoms with E-state index in [9.17, 15) is 18.0 Å². The highest BCUT2D eigenvalue weighted by Crippen LogP contribution is 2.27. The number of amides is 2. The van der Waals surface area contributed by atoms with Gasteiger partial charge in [-0.25, -0.2) is 12.7 Å². The van der Waals surface area contributed by atoms with Crippen molar-refractivity contribution in [1.82, 2.24) is 9.21 Å². The highest BCUT2D eigenvalue weighted by atomic mass is 32.2. The van der Waals surface area contributed by atoms with Gasteiger partial charge in [0.2, 0.25) is 21.8 Å². The predicted octanol–water partition coefficient (Wildman–Crippen LogP) is 2.58. The van der Waals surface area contributed by atoms with E-state index in [1.807, 2.05) is 44.2 Å². The largest absolute Gasteiger partial charge is 0.342 e. The molecule has 2 aromatic rings. The molecule has 166 valence electrons. The van der Waals surface area contributed by atoms with Crippen molar-refractivity contribution >= 4 is 27.5 Å². The summed E-state index contributed by atoms with van der Waals surface area (Å²) in [6, 6.07) is 13.0. The first-order valence-corrected chi connectivity index (χ1v) is 11.7. The molecule has 1 heterocycles. The Bertz CT molecular complexity index is 1080. The Kier molecular flexibility index (Phi) is 6.81. The van der Waals surface area contributed by atoms with Gasteiger partial charge in [0.05, 0.1) is 10.8 Å². The summed E-state index contributed by atoms with van der Waals surface area (Å²) in [6.45, 7) is 4.58. The lowest BCUT2D eigenvalue weighted by atomic mass is 10.1. The summed E-state index contributed by atoms with van der Waals surface area (Å²) in [5.41, 5.74) is 3.18. The number of hydrogen-bond donors (Lipinski definition) is 1. The topological polar surface area (TPSA) is 86.8 Å². The molecule has 1 N–H and O–H groups in total. The van der Waals surface area contributed by atoms with Crippen molar-refractivity contribution in [1.29, 1.82) is 0 Å². The number of hydrogen-bond acceptors (Lipinski definition) is 4. The van der Waals surface area contributed by atoms with E-state index in [1.165, 1.54) is 20.2 Å². The van der Waals surface area contributed by atoms with Crippen LogP contribution in [0.1, 0.15) is 23.1 Å². The fraction of sp³-hybridized carbons (Fsp3) is 0.391. The molecule has 7 nitrogen and oxygen atoms in total. The average Bonchev–Trinajstić information content (AvgIpc) is 3.11. The van der Waals surface area contributed by atoms with Crippen LogP contribution in [0.25, 0.3) is 0 Å². The van der Waals surface area contributed by atoms with Gasteiger partial charge in [-0.2, -0.15) is 0 Å². The first kappa shape index (κ1) is 23.0. The van der Waals surface area contributed by atoms with Crippen LogP contribution in [0.4, 0.5) is 5.69 Å². The summed E-state index contributed by atoms with van der Waals surface area (Å²) in [5, 5.41) is 2.86. The number of carbonyl (C=O) groups is 2. The second-order valence-electron chi connectivity index (χ2n) is 8.17. The molecule has 1 unspecified atom stereocenters. The van der Waals surface area contributed by atoms with Gasteiger partial charge < -0.3 is 10.2 Å². The molecule has 0 saturated carbocycles. The van der Waals surface area contributed by atoms with Gasteiger partial charge >= 0.3 is 0 Å². The Morgan fingerprint density at radius 2 is 1.84 bits per heavy atom. The van der Waals surface area contributed by atoms with Crippen LogP contribution in [0.15, 0.2) is 47.4 Å². The van der Waals surface area contributed by atoms with E-state index >= 15 is 0 Å². The molecule has 0 aromatic heterocycles. The number of nitrogens with zero attached hydrogens (tertiary/aromatic N) is 2. The third-order valence-corrected chi connectivity index (χ3v) is 7.57. The molecule has 8 heteroatoms. The Morgan fingerprint density at radius 3 is 2.48 bits per heavy atom. The number of sulfonamides is 1. The van der Waals surface area contributed by atoms with Gasteiger partial charge in [0.15, 0.2) is 0 Å². The number of aryl methyl sites for hydroxylation is 1. The molecule has 1 aliphatic rings. The quantitative estimate of drug-likeness (QED) is 0.713. The molecular formula is C23H29N3O4S. The molecule has 0 bridgehead atoms. The number of nitrogens with one attached hydrogen (secondary N) is 1. The maximum absolute atomic E-state index is 12.9. The number of rotatable bonds is 7. The Labute approximate surface area is 184 Å². The molecule has 2 amide bonds. The first-order chi connectivity index (χ1) is 14.6. The molecule has 1 fully saturated rings. The van der Waals surface area contributed by atoms with E-state index in [4.69, 9.17) is 0 Å². The maximum Gasteiger partial charge on any atom is 0.242 e. The summed E-state index contributed by atoms with van der Waals surface area (Å²) < 4.78 is 26.2. The smallest absolute Gasteiger partial charge is 0.242 e. The van der Waals surface area contributed by atoms with Crippen LogP contribution in [0, 0.1) is 19.8 Å². The molecule has 1 aliphatic heterocycles. The van der Waals surface area contributed by atoms with Crippen molar-refractivity contribution in [2.45, 2.75) is 31.6 Å². The molecule has 1 saturated heterocycles. The Morgan fingerprint density at radius 1 is 1.16 bits per heavy atom. The predicted molar refractivity (Wildman–Crippen MR) is 120 cm³/mol. The third-order valence-electron chi connectivity index (χ3n) is 5.78. The van der Waals surface area contributed by atoms with Gasteiger partial charge in [-0.3, -0.25) is 9.59 Å². The van der Waals surface area contributed by atoms with Gasteiger partial charge in [0.1, 0.15) is 0 Å². The Balaban J connectivity index is 1.70. The second kappa shape index (κ2) is 9.20. The molecule has 2 aromatic carbocycles.